The molecule has 4 aliphatic rings. The van der Waals surface area contributed by atoms with Crippen molar-refractivity contribution in [3.8, 4) is 0 Å². The molecule has 6 nitrogen and oxygen atoms in total. The summed E-state index contributed by atoms with van der Waals surface area (Å²) in [6.07, 6.45) is 9.60. The molecule has 6 unspecified atom stereocenters. The van der Waals surface area contributed by atoms with Crippen molar-refractivity contribution in [1.82, 2.24) is 0 Å². The summed E-state index contributed by atoms with van der Waals surface area (Å²) in [5.41, 5.74) is 1.43. The van der Waals surface area contributed by atoms with E-state index in [2.05, 4.69) is 61.3 Å². The standard InChI is InChI=1S/C14H22O2.C13H20O2.C7H12O2/c1-9(2)12(15)16-11-8-10-6-7-14(11,5)13(10,3)4;1-5-11(14)15-10-8-9-6-7-13(10,4)12(9,2)3;1-4-7(8)9-5-6(2)3/h10-11H,1,6-8H2,2-5H3;5,9-10H,1,6-8H2,2-4H3;4,6H,1,5H2,2-3H3. The van der Waals surface area contributed by atoms with Crippen molar-refractivity contribution in [3.63, 3.8) is 0 Å². The van der Waals surface area contributed by atoms with Crippen molar-refractivity contribution in [2.75, 3.05) is 6.61 Å². The maximum atomic E-state index is 11.6. The molecule has 0 saturated heterocycles. The van der Waals surface area contributed by atoms with Crippen LogP contribution in [-0.2, 0) is 28.6 Å². The van der Waals surface area contributed by atoms with Gasteiger partial charge in [0.1, 0.15) is 12.2 Å². The van der Waals surface area contributed by atoms with E-state index in [1.54, 1.807) is 6.92 Å². The topological polar surface area (TPSA) is 78.9 Å². The summed E-state index contributed by atoms with van der Waals surface area (Å²) in [6.45, 7) is 30.3. The summed E-state index contributed by atoms with van der Waals surface area (Å²) < 4.78 is 15.8. The van der Waals surface area contributed by atoms with Gasteiger partial charge in [0.2, 0.25) is 0 Å². The van der Waals surface area contributed by atoms with Crippen LogP contribution in [0.1, 0.15) is 101 Å². The summed E-state index contributed by atoms with van der Waals surface area (Å²) >= 11 is 0. The van der Waals surface area contributed by atoms with Gasteiger partial charge in [0.05, 0.1) is 6.61 Å². The van der Waals surface area contributed by atoms with Gasteiger partial charge in [-0.05, 0) is 74.0 Å². The van der Waals surface area contributed by atoms with E-state index < -0.39 is 0 Å². The third-order valence-corrected chi connectivity index (χ3v) is 11.2. The van der Waals surface area contributed by atoms with Gasteiger partial charge < -0.3 is 14.2 Å². The molecular weight excluding hydrogens is 504 g/mol. The molecule has 0 N–H and O–H groups in total. The predicted octanol–water partition coefficient (Wildman–Crippen LogP) is 7.62. The fourth-order valence-electron chi connectivity index (χ4n) is 7.34. The number of hydrogen-bond acceptors (Lipinski definition) is 6. The van der Waals surface area contributed by atoms with E-state index in [0.29, 0.717) is 40.8 Å². The lowest BCUT2D eigenvalue weighted by Crippen LogP contribution is -2.38. The second-order valence-corrected chi connectivity index (χ2v) is 14.3. The van der Waals surface area contributed by atoms with E-state index in [0.717, 1.165) is 12.8 Å². The van der Waals surface area contributed by atoms with E-state index in [4.69, 9.17) is 14.2 Å². The van der Waals surface area contributed by atoms with Gasteiger partial charge in [0.15, 0.2) is 0 Å². The molecule has 0 aliphatic heterocycles. The second-order valence-electron chi connectivity index (χ2n) is 14.3. The van der Waals surface area contributed by atoms with Crippen LogP contribution in [0.4, 0.5) is 0 Å². The zero-order valence-corrected chi connectivity index (χ0v) is 26.6. The van der Waals surface area contributed by atoms with Crippen LogP contribution in [0, 0.1) is 39.4 Å². The van der Waals surface area contributed by atoms with Crippen molar-refractivity contribution < 1.29 is 28.6 Å². The van der Waals surface area contributed by atoms with Crippen LogP contribution in [0.5, 0.6) is 0 Å². The lowest BCUT2D eigenvalue weighted by Gasteiger charge is -2.38. The van der Waals surface area contributed by atoms with Crippen LogP contribution in [0.3, 0.4) is 0 Å². The molecule has 0 aromatic rings. The van der Waals surface area contributed by atoms with Crippen LogP contribution in [0.25, 0.3) is 0 Å². The Labute approximate surface area is 243 Å². The summed E-state index contributed by atoms with van der Waals surface area (Å²) in [4.78, 5) is 33.2. The minimum atomic E-state index is -0.344. The summed E-state index contributed by atoms with van der Waals surface area (Å²) in [7, 11) is 0. The van der Waals surface area contributed by atoms with E-state index in [1.165, 1.54) is 37.8 Å². The Balaban J connectivity index is 0.000000220. The minimum absolute atomic E-state index is 0.0884. The van der Waals surface area contributed by atoms with E-state index in [1.807, 2.05) is 13.8 Å². The third kappa shape index (κ3) is 6.57. The van der Waals surface area contributed by atoms with Crippen LogP contribution in [-0.4, -0.2) is 36.7 Å². The van der Waals surface area contributed by atoms with E-state index in [9.17, 15) is 14.4 Å². The number of carbonyl (C=O) groups is 3. The van der Waals surface area contributed by atoms with Crippen molar-refractivity contribution in [2.24, 2.45) is 39.4 Å². The van der Waals surface area contributed by atoms with Gasteiger partial charge in [0.25, 0.3) is 0 Å². The lowest BCUT2D eigenvalue weighted by molar-refractivity contribution is -0.152. The molecule has 0 aromatic carbocycles. The van der Waals surface area contributed by atoms with Crippen LogP contribution in [0.15, 0.2) is 37.5 Å². The highest BCUT2D eigenvalue weighted by Crippen LogP contribution is 2.67. The zero-order chi connectivity index (χ0) is 30.7. The highest BCUT2D eigenvalue weighted by Gasteiger charge is 2.63. The normalized spacial score (nSPS) is 33.5. The maximum absolute atomic E-state index is 11.6. The summed E-state index contributed by atoms with van der Waals surface area (Å²) in [6, 6.07) is 0. The third-order valence-electron chi connectivity index (χ3n) is 11.2. The van der Waals surface area contributed by atoms with E-state index >= 15 is 0 Å². The molecular formula is C34H54O6. The Morgan fingerprint density at radius 1 is 0.800 bits per heavy atom. The highest BCUT2D eigenvalue weighted by molar-refractivity contribution is 5.87. The average molecular weight is 559 g/mol. The molecule has 6 atom stereocenters. The first-order chi connectivity index (χ1) is 18.4. The van der Waals surface area contributed by atoms with Gasteiger partial charge in [-0.2, -0.15) is 0 Å². The van der Waals surface area contributed by atoms with Gasteiger partial charge >= 0.3 is 17.9 Å². The van der Waals surface area contributed by atoms with Gasteiger partial charge in [-0.1, -0.05) is 75.1 Å². The molecule has 4 bridgehead atoms. The molecule has 4 fully saturated rings. The van der Waals surface area contributed by atoms with Crippen LogP contribution >= 0.6 is 0 Å². The molecule has 0 heterocycles. The molecule has 4 rings (SSSR count). The molecule has 4 aliphatic carbocycles. The fraction of sp³-hybridized carbons (Fsp3) is 0.735. The molecule has 226 valence electrons. The van der Waals surface area contributed by atoms with E-state index in [-0.39, 0.29) is 40.9 Å². The molecule has 40 heavy (non-hydrogen) atoms. The number of hydrogen-bond donors (Lipinski definition) is 0. The number of carbonyl (C=O) groups excluding carboxylic acids is 3. The van der Waals surface area contributed by atoms with Gasteiger partial charge in [-0.25, -0.2) is 14.4 Å². The Bertz CT molecular complexity index is 990. The Morgan fingerprint density at radius 2 is 1.23 bits per heavy atom. The Hall–Kier alpha value is -2.37. The Kier molecular flexibility index (Phi) is 10.7. The lowest BCUT2D eigenvalue weighted by atomic mass is 9.70. The number of ether oxygens (including phenoxy) is 3. The molecule has 0 spiro atoms. The SMILES string of the molecule is C=C(C)C(=O)OC1CC2CCC1(C)C2(C)C.C=CC(=O)OC1CC2CCC1(C)C2(C)C.C=CC(=O)OCC(C)C. The Morgan fingerprint density at radius 3 is 1.52 bits per heavy atom. The first-order valence-corrected chi connectivity index (χ1v) is 14.9. The molecule has 0 radical (unpaired) electrons. The highest BCUT2D eigenvalue weighted by atomic mass is 16.6. The minimum Gasteiger partial charge on any atom is -0.462 e. The second kappa shape index (κ2) is 12.7. The average Bonchev–Trinajstić information content (AvgIpc) is 3.40. The van der Waals surface area contributed by atoms with Gasteiger partial charge in [-0.15, -0.1) is 0 Å². The summed E-state index contributed by atoms with van der Waals surface area (Å²) in [5.74, 6) is 0.974. The van der Waals surface area contributed by atoms with Crippen molar-refractivity contribution in [1.29, 1.82) is 0 Å². The monoisotopic (exact) mass is 558 g/mol. The van der Waals surface area contributed by atoms with Crippen molar-refractivity contribution in [3.05, 3.63) is 37.5 Å². The quantitative estimate of drug-likeness (QED) is 0.182. The maximum Gasteiger partial charge on any atom is 0.333 e. The van der Waals surface area contributed by atoms with Crippen LogP contribution in [0.2, 0.25) is 0 Å². The zero-order valence-electron chi connectivity index (χ0n) is 26.6. The smallest absolute Gasteiger partial charge is 0.333 e. The fourth-order valence-corrected chi connectivity index (χ4v) is 7.34. The first-order valence-electron chi connectivity index (χ1n) is 14.9. The number of fused-ring (bicyclic) bond motifs is 4. The van der Waals surface area contributed by atoms with Crippen molar-refractivity contribution >= 4 is 17.9 Å². The van der Waals surface area contributed by atoms with Crippen LogP contribution < -0.4 is 0 Å². The van der Waals surface area contributed by atoms with Gasteiger partial charge in [0, 0.05) is 28.6 Å². The number of rotatable bonds is 7. The van der Waals surface area contributed by atoms with Crippen molar-refractivity contribution in [2.45, 2.75) is 113 Å². The number of esters is 3. The molecule has 4 saturated carbocycles. The summed E-state index contributed by atoms with van der Waals surface area (Å²) in [5, 5.41) is 0. The first kappa shape index (κ1) is 33.8. The molecule has 0 aromatic heterocycles. The largest absolute Gasteiger partial charge is 0.462 e. The molecule has 6 heteroatoms. The van der Waals surface area contributed by atoms with Gasteiger partial charge in [-0.3, -0.25) is 0 Å². The predicted molar refractivity (Wildman–Crippen MR) is 159 cm³/mol. The molecule has 0 amide bonds.